The third kappa shape index (κ3) is 2.94. The molecule has 2 aromatic rings. The summed E-state index contributed by atoms with van der Waals surface area (Å²) >= 11 is 5.10. The molecular weight excluding hydrogens is 312 g/mol. The van der Waals surface area contributed by atoms with Crippen LogP contribution in [0.5, 0.6) is 11.5 Å². The van der Waals surface area contributed by atoms with Gasteiger partial charge in [-0.15, -0.1) is 0 Å². The van der Waals surface area contributed by atoms with Crippen LogP contribution in [0.4, 0.5) is 0 Å². The van der Waals surface area contributed by atoms with E-state index in [1.165, 1.54) is 0 Å². The summed E-state index contributed by atoms with van der Waals surface area (Å²) < 4.78 is 10.5. The van der Waals surface area contributed by atoms with Gasteiger partial charge in [-0.2, -0.15) is 0 Å². The number of hydrazine groups is 2. The lowest BCUT2D eigenvalue weighted by molar-refractivity contribution is 0.256. The molecule has 23 heavy (non-hydrogen) atoms. The molecule has 0 unspecified atom stereocenters. The number of nitrogens with one attached hydrogen (secondary N) is 4. The van der Waals surface area contributed by atoms with Crippen LogP contribution in [0.15, 0.2) is 48.5 Å². The van der Waals surface area contributed by atoms with E-state index >= 15 is 0 Å². The molecule has 0 radical (unpaired) electrons. The summed E-state index contributed by atoms with van der Waals surface area (Å²) in [6.45, 7) is 0. The first-order chi connectivity index (χ1) is 11.2. The van der Waals surface area contributed by atoms with Crippen LogP contribution in [0.1, 0.15) is 11.1 Å². The van der Waals surface area contributed by atoms with Gasteiger partial charge >= 0.3 is 0 Å². The van der Waals surface area contributed by atoms with E-state index < -0.39 is 5.66 Å². The molecule has 0 aliphatic carbocycles. The van der Waals surface area contributed by atoms with E-state index in [0.717, 1.165) is 22.6 Å². The predicted octanol–water partition coefficient (Wildman–Crippen LogP) is 1.39. The van der Waals surface area contributed by atoms with Gasteiger partial charge in [0.05, 0.1) is 14.2 Å². The Morgan fingerprint density at radius 1 is 0.739 bits per heavy atom. The van der Waals surface area contributed by atoms with Crippen molar-refractivity contribution in [3.63, 3.8) is 0 Å². The van der Waals surface area contributed by atoms with Crippen LogP contribution in [0.3, 0.4) is 0 Å². The number of hydrogen-bond acceptors (Lipinski definition) is 5. The maximum Gasteiger partial charge on any atom is 0.195 e. The third-order valence-electron chi connectivity index (χ3n) is 3.77. The Balaban J connectivity index is 2.03. The molecule has 0 saturated carbocycles. The normalized spacial score (nSPS) is 16.2. The number of methoxy groups -OCH3 is 2. The lowest BCUT2D eigenvalue weighted by Gasteiger charge is -2.41. The second kappa shape index (κ2) is 6.41. The SMILES string of the molecule is COc1ccc(C2(c3ccc(OC)cc3)NNC(=S)NN2)cc1. The molecule has 0 bridgehead atoms. The highest BCUT2D eigenvalue weighted by molar-refractivity contribution is 7.80. The molecule has 0 amide bonds. The molecule has 0 spiro atoms. The van der Waals surface area contributed by atoms with Crippen LogP contribution in [-0.4, -0.2) is 19.3 Å². The van der Waals surface area contributed by atoms with Gasteiger partial charge in [-0.1, -0.05) is 24.3 Å². The Kier molecular flexibility index (Phi) is 4.33. The van der Waals surface area contributed by atoms with E-state index in [1.807, 2.05) is 48.5 Å². The zero-order valence-electron chi connectivity index (χ0n) is 12.8. The molecule has 3 rings (SSSR count). The summed E-state index contributed by atoms with van der Waals surface area (Å²) in [5, 5.41) is 0.475. The Morgan fingerprint density at radius 3 is 1.48 bits per heavy atom. The summed E-state index contributed by atoms with van der Waals surface area (Å²) in [6, 6.07) is 15.6. The summed E-state index contributed by atoms with van der Waals surface area (Å²) in [7, 11) is 3.29. The van der Waals surface area contributed by atoms with E-state index in [0.29, 0.717) is 5.11 Å². The van der Waals surface area contributed by atoms with Gasteiger partial charge < -0.3 is 9.47 Å². The highest BCUT2D eigenvalue weighted by Gasteiger charge is 2.37. The molecule has 1 saturated heterocycles. The van der Waals surface area contributed by atoms with Gasteiger partial charge in [0.15, 0.2) is 10.8 Å². The number of rotatable bonds is 4. The zero-order chi connectivity index (χ0) is 16.3. The van der Waals surface area contributed by atoms with Crippen molar-refractivity contribution in [2.24, 2.45) is 0 Å². The maximum atomic E-state index is 5.23. The van der Waals surface area contributed by atoms with Crippen molar-refractivity contribution in [2.75, 3.05) is 14.2 Å². The van der Waals surface area contributed by atoms with Crippen molar-refractivity contribution in [1.29, 1.82) is 0 Å². The van der Waals surface area contributed by atoms with E-state index in [9.17, 15) is 0 Å². The molecule has 120 valence electrons. The maximum absolute atomic E-state index is 5.23. The minimum Gasteiger partial charge on any atom is -0.497 e. The van der Waals surface area contributed by atoms with Crippen molar-refractivity contribution in [2.45, 2.75) is 5.66 Å². The highest BCUT2D eigenvalue weighted by atomic mass is 32.1. The van der Waals surface area contributed by atoms with Gasteiger partial charge in [-0.05, 0) is 47.6 Å². The Hall–Kier alpha value is -2.35. The summed E-state index contributed by atoms with van der Waals surface area (Å²) in [5.74, 6) is 1.59. The first-order valence-electron chi connectivity index (χ1n) is 7.07. The van der Waals surface area contributed by atoms with Crippen LogP contribution in [0.25, 0.3) is 0 Å². The van der Waals surface area contributed by atoms with Crippen molar-refractivity contribution < 1.29 is 9.47 Å². The standard InChI is InChI=1S/C16H18N4O2S/c1-21-13-7-3-11(4-8-13)16(19-17-15(23)18-20-16)12-5-9-14(22-2)10-6-12/h3-10,19-20H,1-2H3,(H2,17,18,23). The first-order valence-corrected chi connectivity index (χ1v) is 7.48. The lowest BCUT2D eigenvalue weighted by atomic mass is 9.91. The van der Waals surface area contributed by atoms with Gasteiger partial charge in [0.1, 0.15) is 11.5 Å². The van der Waals surface area contributed by atoms with Gasteiger partial charge in [0, 0.05) is 0 Å². The number of thiocarbonyl (C=S) groups is 1. The Bertz CT molecular complexity index is 629. The zero-order valence-corrected chi connectivity index (χ0v) is 13.7. The average Bonchev–Trinajstić information content (AvgIpc) is 2.63. The van der Waals surface area contributed by atoms with E-state index in [4.69, 9.17) is 21.7 Å². The number of benzene rings is 2. The van der Waals surface area contributed by atoms with Crippen LogP contribution >= 0.6 is 12.2 Å². The van der Waals surface area contributed by atoms with Crippen LogP contribution < -0.4 is 31.2 Å². The molecule has 0 atom stereocenters. The van der Waals surface area contributed by atoms with Crippen LogP contribution in [-0.2, 0) is 5.66 Å². The lowest BCUT2D eigenvalue weighted by Crippen LogP contribution is -2.72. The fraction of sp³-hybridized carbons (Fsp3) is 0.188. The van der Waals surface area contributed by atoms with Crippen molar-refractivity contribution in [3.8, 4) is 11.5 Å². The smallest absolute Gasteiger partial charge is 0.195 e. The fourth-order valence-electron chi connectivity index (χ4n) is 2.50. The quantitative estimate of drug-likeness (QED) is 0.632. The third-order valence-corrected chi connectivity index (χ3v) is 3.98. The Morgan fingerprint density at radius 2 is 1.13 bits per heavy atom. The average molecular weight is 330 g/mol. The summed E-state index contributed by atoms with van der Waals surface area (Å²) in [4.78, 5) is 0. The topological polar surface area (TPSA) is 66.6 Å². The monoisotopic (exact) mass is 330 g/mol. The van der Waals surface area contributed by atoms with Crippen LogP contribution in [0, 0.1) is 0 Å². The minimum absolute atomic E-state index is 0.475. The van der Waals surface area contributed by atoms with Gasteiger partial charge in [0.2, 0.25) is 0 Å². The fourth-order valence-corrected chi connectivity index (χ4v) is 2.60. The molecule has 2 aromatic carbocycles. The molecule has 1 aliphatic rings. The molecule has 1 heterocycles. The molecule has 7 heteroatoms. The first kappa shape index (κ1) is 15.5. The van der Waals surface area contributed by atoms with Gasteiger partial charge in [-0.25, -0.2) is 10.9 Å². The molecule has 1 fully saturated rings. The second-order valence-electron chi connectivity index (χ2n) is 5.04. The number of hydrogen-bond donors (Lipinski definition) is 4. The second-order valence-corrected chi connectivity index (χ2v) is 5.44. The van der Waals surface area contributed by atoms with E-state index in [-0.39, 0.29) is 0 Å². The Labute approximate surface area is 140 Å². The highest BCUT2D eigenvalue weighted by Crippen LogP contribution is 2.29. The summed E-state index contributed by atoms with van der Waals surface area (Å²) in [5.41, 5.74) is 13.7. The number of ether oxygens (including phenoxy) is 2. The largest absolute Gasteiger partial charge is 0.497 e. The molecule has 0 aromatic heterocycles. The molecular formula is C16H18N4O2S. The van der Waals surface area contributed by atoms with Crippen LogP contribution in [0.2, 0.25) is 0 Å². The minimum atomic E-state index is -0.694. The van der Waals surface area contributed by atoms with Gasteiger partial charge in [0.25, 0.3) is 0 Å². The van der Waals surface area contributed by atoms with E-state index in [1.54, 1.807) is 14.2 Å². The van der Waals surface area contributed by atoms with Crippen molar-refractivity contribution in [1.82, 2.24) is 21.7 Å². The molecule has 4 N–H and O–H groups in total. The molecule has 1 aliphatic heterocycles. The van der Waals surface area contributed by atoms with E-state index in [2.05, 4.69) is 21.7 Å². The predicted molar refractivity (Wildman–Crippen MR) is 91.9 cm³/mol. The van der Waals surface area contributed by atoms with Gasteiger partial charge in [-0.3, -0.25) is 10.9 Å². The molecule has 6 nitrogen and oxygen atoms in total. The van der Waals surface area contributed by atoms with Crippen molar-refractivity contribution >= 4 is 17.3 Å². The summed E-state index contributed by atoms with van der Waals surface area (Å²) in [6.07, 6.45) is 0. The van der Waals surface area contributed by atoms with Crippen molar-refractivity contribution in [3.05, 3.63) is 59.7 Å².